The van der Waals surface area contributed by atoms with Gasteiger partial charge in [-0.2, -0.15) is 0 Å². The van der Waals surface area contributed by atoms with Crippen LogP contribution in [0, 0.1) is 0 Å². The number of rotatable bonds is 7. The minimum atomic E-state index is -2.48. The smallest absolute Gasteiger partial charge is 0.223 e. The first kappa shape index (κ1) is 18.3. The van der Waals surface area contributed by atoms with Crippen LogP contribution in [0.5, 0.6) is 0 Å². The van der Waals surface area contributed by atoms with Crippen LogP contribution in [0.15, 0.2) is 30.3 Å². The van der Waals surface area contributed by atoms with Crippen molar-refractivity contribution < 1.29 is 14.1 Å². The van der Waals surface area contributed by atoms with E-state index in [0.717, 1.165) is 5.56 Å². The maximum Gasteiger partial charge on any atom is 0.223 e. The lowest BCUT2D eigenvalue weighted by Crippen LogP contribution is -2.52. The molecule has 0 spiro atoms. The highest BCUT2D eigenvalue weighted by atomic mass is 31.1. The van der Waals surface area contributed by atoms with Gasteiger partial charge in [-0.05, 0) is 32.5 Å². The van der Waals surface area contributed by atoms with Crippen LogP contribution in [0.2, 0.25) is 0 Å². The lowest BCUT2D eigenvalue weighted by atomic mass is 9.88. The Bertz CT molecular complexity index is 544. The summed E-state index contributed by atoms with van der Waals surface area (Å²) in [6.07, 6.45) is 1.21. The predicted molar refractivity (Wildman–Crippen MR) is 93.3 cm³/mol. The van der Waals surface area contributed by atoms with E-state index in [1.54, 1.807) is 4.67 Å². The molecular weight excluding hydrogens is 311 g/mol. The molecule has 1 saturated heterocycles. The molecule has 5 nitrogen and oxygen atoms in total. The van der Waals surface area contributed by atoms with Crippen molar-refractivity contribution >= 4 is 13.5 Å². The van der Waals surface area contributed by atoms with Crippen molar-refractivity contribution in [3.05, 3.63) is 35.9 Å². The molecule has 0 aliphatic carbocycles. The Morgan fingerprint density at radius 2 is 1.87 bits per heavy atom. The number of nitrogens with zero attached hydrogens (tertiary/aromatic N) is 2. The van der Waals surface area contributed by atoms with E-state index in [2.05, 4.69) is 0 Å². The Morgan fingerprint density at radius 1 is 1.26 bits per heavy atom. The Balaban J connectivity index is 2.25. The third kappa shape index (κ3) is 4.10. The quantitative estimate of drug-likeness (QED) is 0.714. The minimum Gasteiger partial charge on any atom is -0.379 e. The minimum absolute atomic E-state index is 0.138. The molecule has 1 fully saturated rings. The van der Waals surface area contributed by atoms with E-state index in [1.165, 1.54) is 0 Å². The molecule has 128 valence electrons. The van der Waals surface area contributed by atoms with Gasteiger partial charge in [-0.25, -0.2) is 4.67 Å². The van der Waals surface area contributed by atoms with Crippen molar-refractivity contribution in [2.75, 3.05) is 40.4 Å². The molecular formula is C17H27N2O3P. The van der Waals surface area contributed by atoms with Crippen LogP contribution in [0.1, 0.15) is 18.9 Å². The topological polar surface area (TPSA) is 49.9 Å². The zero-order valence-electron chi connectivity index (χ0n) is 14.2. The number of carbonyl (C=O) groups excluding carboxylic acids is 1. The number of carbonyl (C=O) groups is 1. The average Bonchev–Trinajstić information content (AvgIpc) is 2.60. The fraction of sp³-hybridized carbons (Fsp3) is 0.588. The second-order valence-corrected chi connectivity index (χ2v) is 7.87. The molecule has 1 aromatic rings. The summed E-state index contributed by atoms with van der Waals surface area (Å²) in [6.45, 7) is 4.23. The molecule has 2 unspecified atom stereocenters. The van der Waals surface area contributed by atoms with Crippen LogP contribution in [0.4, 0.5) is 0 Å². The first-order chi connectivity index (χ1) is 11.0. The number of morpholine rings is 1. The number of hydrogen-bond acceptors (Lipinski definition) is 4. The maximum absolute atomic E-state index is 13.1. The normalized spacial score (nSPS) is 20.2. The van der Waals surface area contributed by atoms with Crippen LogP contribution in [0.3, 0.4) is 0 Å². The zero-order valence-corrected chi connectivity index (χ0v) is 15.2. The number of likely N-dealkylation sites (N-methyl/N-ethyl adjacent to an activating group) is 1. The summed E-state index contributed by atoms with van der Waals surface area (Å²) in [5.74, 6) is 0. The summed E-state index contributed by atoms with van der Waals surface area (Å²) in [7, 11) is 1.33. The number of hydrogen-bond donors (Lipinski definition) is 0. The van der Waals surface area contributed by atoms with Crippen molar-refractivity contribution in [2.24, 2.45) is 0 Å². The second kappa shape index (κ2) is 8.20. The molecule has 0 bridgehead atoms. The van der Waals surface area contributed by atoms with Gasteiger partial charge in [0.1, 0.15) is 0 Å². The number of ether oxygens (including phenoxy) is 1. The SMILES string of the molecule is CCC(Cc1ccccc1)(C(=O)[PH](=O)N1CCOCC1)N(C)C. The molecule has 1 aliphatic rings. The fourth-order valence-corrected chi connectivity index (χ4v) is 4.85. The summed E-state index contributed by atoms with van der Waals surface area (Å²) < 4.78 is 20.0. The van der Waals surface area contributed by atoms with Crippen LogP contribution in [-0.4, -0.2) is 61.0 Å². The van der Waals surface area contributed by atoms with E-state index in [9.17, 15) is 9.36 Å². The van der Waals surface area contributed by atoms with Gasteiger partial charge in [-0.3, -0.25) is 9.69 Å². The van der Waals surface area contributed by atoms with Gasteiger partial charge >= 0.3 is 0 Å². The summed E-state index contributed by atoms with van der Waals surface area (Å²) in [5, 5.41) is 0. The van der Waals surface area contributed by atoms with E-state index in [0.29, 0.717) is 39.1 Å². The largest absolute Gasteiger partial charge is 0.379 e. The highest BCUT2D eigenvalue weighted by Gasteiger charge is 2.43. The van der Waals surface area contributed by atoms with Gasteiger partial charge in [0.05, 0.1) is 18.8 Å². The zero-order chi connectivity index (χ0) is 16.9. The molecule has 2 rings (SSSR count). The monoisotopic (exact) mass is 338 g/mol. The molecule has 0 amide bonds. The summed E-state index contributed by atoms with van der Waals surface area (Å²) in [6, 6.07) is 9.95. The summed E-state index contributed by atoms with van der Waals surface area (Å²) >= 11 is 0. The van der Waals surface area contributed by atoms with Gasteiger partial charge in [0.15, 0.2) is 0 Å². The molecule has 0 aromatic heterocycles. The Labute approximate surface area is 139 Å². The van der Waals surface area contributed by atoms with Crippen molar-refractivity contribution in [1.82, 2.24) is 9.57 Å². The molecule has 1 heterocycles. The molecule has 0 radical (unpaired) electrons. The van der Waals surface area contributed by atoms with E-state index >= 15 is 0 Å². The molecule has 1 aromatic carbocycles. The maximum atomic E-state index is 13.1. The highest BCUT2D eigenvalue weighted by Crippen LogP contribution is 2.39. The Hall–Kier alpha value is -1.00. The van der Waals surface area contributed by atoms with E-state index in [-0.39, 0.29) is 5.52 Å². The van der Waals surface area contributed by atoms with Gasteiger partial charge in [0.25, 0.3) is 0 Å². The number of benzene rings is 1. The third-order valence-corrected chi connectivity index (χ3v) is 6.57. The lowest BCUT2D eigenvalue weighted by Gasteiger charge is -2.39. The second-order valence-electron chi connectivity index (χ2n) is 6.18. The fourth-order valence-electron chi connectivity index (χ4n) is 3.09. The third-order valence-electron chi connectivity index (χ3n) is 4.70. The van der Waals surface area contributed by atoms with E-state index < -0.39 is 13.5 Å². The van der Waals surface area contributed by atoms with Crippen molar-refractivity contribution in [1.29, 1.82) is 0 Å². The van der Waals surface area contributed by atoms with Crippen molar-refractivity contribution in [2.45, 2.75) is 25.3 Å². The molecule has 0 N–H and O–H groups in total. The van der Waals surface area contributed by atoms with Crippen molar-refractivity contribution in [3.63, 3.8) is 0 Å². The summed E-state index contributed by atoms with van der Waals surface area (Å²) in [4.78, 5) is 15.1. The van der Waals surface area contributed by atoms with E-state index in [1.807, 2.05) is 56.3 Å². The first-order valence-corrected chi connectivity index (χ1v) is 9.49. The summed E-state index contributed by atoms with van der Waals surface area (Å²) in [5.41, 5.74) is 0.226. The molecule has 0 saturated carbocycles. The Kier molecular flexibility index (Phi) is 6.54. The van der Waals surface area contributed by atoms with Crippen LogP contribution in [-0.2, 0) is 20.5 Å². The average molecular weight is 338 g/mol. The van der Waals surface area contributed by atoms with Crippen LogP contribution >= 0.6 is 7.95 Å². The van der Waals surface area contributed by atoms with E-state index in [4.69, 9.17) is 4.74 Å². The highest BCUT2D eigenvalue weighted by molar-refractivity contribution is 7.61. The molecule has 1 aliphatic heterocycles. The van der Waals surface area contributed by atoms with Gasteiger partial charge in [-0.1, -0.05) is 37.3 Å². The molecule has 2 atom stereocenters. The lowest BCUT2D eigenvalue weighted by molar-refractivity contribution is -0.122. The van der Waals surface area contributed by atoms with Gasteiger partial charge in [0.2, 0.25) is 13.5 Å². The van der Waals surface area contributed by atoms with Crippen molar-refractivity contribution in [3.8, 4) is 0 Å². The first-order valence-electron chi connectivity index (χ1n) is 8.14. The van der Waals surface area contributed by atoms with Gasteiger partial charge in [-0.15, -0.1) is 0 Å². The molecule has 23 heavy (non-hydrogen) atoms. The van der Waals surface area contributed by atoms with Crippen LogP contribution in [0.25, 0.3) is 0 Å². The van der Waals surface area contributed by atoms with Gasteiger partial charge < -0.3 is 9.30 Å². The predicted octanol–water partition coefficient (Wildman–Crippen LogP) is 2.27. The standard InChI is InChI=1S/C17H27N2O3P/c1-4-17(18(2)3,14-15-8-6-5-7-9-15)16(20)23(21)19-10-12-22-13-11-19/h5-9,23H,4,10-14H2,1-3H3. The molecule has 6 heteroatoms. The Morgan fingerprint density at radius 3 is 2.39 bits per heavy atom. The van der Waals surface area contributed by atoms with Gasteiger partial charge in [0, 0.05) is 13.1 Å². The van der Waals surface area contributed by atoms with Crippen LogP contribution < -0.4 is 0 Å².